The zero-order valence-corrected chi connectivity index (χ0v) is 11.5. The van der Waals surface area contributed by atoms with Crippen LogP contribution in [-0.4, -0.2) is 51.4 Å². The molecule has 1 aliphatic rings. The third-order valence-electron chi connectivity index (χ3n) is 3.52. The van der Waals surface area contributed by atoms with Crippen LogP contribution in [0.3, 0.4) is 0 Å². The summed E-state index contributed by atoms with van der Waals surface area (Å²) in [5, 5.41) is 21.1. The van der Waals surface area contributed by atoms with Crippen molar-refractivity contribution in [1.82, 2.24) is 9.97 Å². The summed E-state index contributed by atoms with van der Waals surface area (Å²) in [6.45, 7) is 2.50. The molecule has 7 nitrogen and oxygen atoms in total. The highest BCUT2D eigenvalue weighted by Gasteiger charge is 2.23. The van der Waals surface area contributed by atoms with Gasteiger partial charge in [-0.2, -0.15) is 0 Å². The summed E-state index contributed by atoms with van der Waals surface area (Å²) in [6, 6.07) is 1.09. The number of aromatic nitrogens is 2. The average Bonchev–Trinajstić information content (AvgIpc) is 2.47. The van der Waals surface area contributed by atoms with E-state index in [1.165, 1.54) is 6.33 Å². The number of aliphatic hydroxyl groups is 1. The molecule has 2 heterocycles. The number of hydrogen-bond acceptors (Lipinski definition) is 6. The van der Waals surface area contributed by atoms with Crippen LogP contribution in [0, 0.1) is 0 Å². The number of aliphatic hydroxyl groups excluding tert-OH is 1. The Labute approximate surface area is 117 Å². The van der Waals surface area contributed by atoms with Crippen LogP contribution in [0.4, 0.5) is 11.6 Å². The summed E-state index contributed by atoms with van der Waals surface area (Å²) in [4.78, 5) is 21.2. The molecule has 0 amide bonds. The Balaban J connectivity index is 2.14. The van der Waals surface area contributed by atoms with Crippen molar-refractivity contribution in [2.75, 3.05) is 23.4 Å². The van der Waals surface area contributed by atoms with Crippen LogP contribution < -0.4 is 10.2 Å². The number of piperidine rings is 1. The van der Waals surface area contributed by atoms with E-state index in [9.17, 15) is 9.90 Å². The molecule has 1 unspecified atom stereocenters. The van der Waals surface area contributed by atoms with Crippen LogP contribution in [0.5, 0.6) is 0 Å². The summed E-state index contributed by atoms with van der Waals surface area (Å²) in [7, 11) is 0. The molecule has 1 fully saturated rings. The number of hydrogen-bond donors (Lipinski definition) is 3. The van der Waals surface area contributed by atoms with Gasteiger partial charge >= 0.3 is 5.97 Å². The van der Waals surface area contributed by atoms with Crippen molar-refractivity contribution >= 4 is 17.6 Å². The van der Waals surface area contributed by atoms with Gasteiger partial charge in [-0.1, -0.05) is 0 Å². The van der Waals surface area contributed by atoms with Gasteiger partial charge in [0.1, 0.15) is 24.0 Å². The van der Waals surface area contributed by atoms with Gasteiger partial charge in [-0.25, -0.2) is 9.97 Å². The van der Waals surface area contributed by atoms with Crippen LogP contribution in [-0.2, 0) is 4.79 Å². The van der Waals surface area contributed by atoms with Crippen LogP contribution in [0.15, 0.2) is 12.4 Å². The fraction of sp³-hybridized carbons (Fsp3) is 0.615. The van der Waals surface area contributed by atoms with Crippen LogP contribution in [0.25, 0.3) is 0 Å². The summed E-state index contributed by atoms with van der Waals surface area (Å²) >= 11 is 0. The molecule has 1 aromatic heterocycles. The van der Waals surface area contributed by atoms with E-state index in [0.717, 1.165) is 31.6 Å². The van der Waals surface area contributed by atoms with E-state index in [4.69, 9.17) is 5.11 Å². The molecule has 2 atom stereocenters. The van der Waals surface area contributed by atoms with Gasteiger partial charge in [-0.15, -0.1) is 0 Å². The lowest BCUT2D eigenvalue weighted by Gasteiger charge is -2.35. The molecule has 110 valence electrons. The monoisotopic (exact) mass is 280 g/mol. The normalized spacial score (nSPS) is 20.5. The molecule has 0 spiro atoms. The van der Waals surface area contributed by atoms with Crippen molar-refractivity contribution in [2.45, 2.75) is 38.3 Å². The van der Waals surface area contributed by atoms with Gasteiger partial charge in [0.15, 0.2) is 0 Å². The van der Waals surface area contributed by atoms with Gasteiger partial charge in [0.25, 0.3) is 0 Å². The fourth-order valence-corrected chi connectivity index (χ4v) is 2.36. The Kier molecular flexibility index (Phi) is 4.73. The Morgan fingerprint density at radius 3 is 3.05 bits per heavy atom. The number of nitrogens with one attached hydrogen (secondary N) is 1. The first-order valence-corrected chi connectivity index (χ1v) is 6.80. The first kappa shape index (κ1) is 14.5. The van der Waals surface area contributed by atoms with Crippen LogP contribution >= 0.6 is 0 Å². The molecule has 1 saturated heterocycles. The van der Waals surface area contributed by atoms with E-state index in [2.05, 4.69) is 20.2 Å². The molecular formula is C13H20N4O3. The minimum atomic E-state index is -0.934. The van der Waals surface area contributed by atoms with E-state index < -0.39 is 12.0 Å². The van der Waals surface area contributed by atoms with Crippen molar-refractivity contribution in [3.63, 3.8) is 0 Å². The Bertz CT molecular complexity index is 469. The molecule has 3 N–H and O–H groups in total. The van der Waals surface area contributed by atoms with E-state index in [-0.39, 0.29) is 12.6 Å². The van der Waals surface area contributed by atoms with Crippen molar-refractivity contribution in [3.05, 3.63) is 12.4 Å². The predicted octanol–water partition coefficient (Wildman–Crippen LogP) is 0.713. The summed E-state index contributed by atoms with van der Waals surface area (Å²) in [5.74, 6) is 0.266. The van der Waals surface area contributed by atoms with Crippen molar-refractivity contribution in [3.8, 4) is 0 Å². The number of nitrogens with zero attached hydrogens (tertiary/aromatic N) is 3. The van der Waals surface area contributed by atoms with Gasteiger partial charge in [-0.05, 0) is 26.2 Å². The van der Waals surface area contributed by atoms with Crippen LogP contribution in [0.2, 0.25) is 0 Å². The molecule has 2 rings (SSSR count). The van der Waals surface area contributed by atoms with Gasteiger partial charge in [-0.3, -0.25) is 4.79 Å². The zero-order chi connectivity index (χ0) is 14.5. The SMILES string of the molecule is C[C@@H](Nc1cc(N2CCCCC2CO)ncn1)C(=O)O. The van der Waals surface area contributed by atoms with Gasteiger partial charge in [0.05, 0.1) is 12.6 Å². The lowest BCUT2D eigenvalue weighted by atomic mass is 10.0. The third kappa shape index (κ3) is 3.36. The molecule has 20 heavy (non-hydrogen) atoms. The minimum absolute atomic E-state index is 0.0726. The van der Waals surface area contributed by atoms with E-state index >= 15 is 0 Å². The lowest BCUT2D eigenvalue weighted by molar-refractivity contribution is -0.137. The maximum Gasteiger partial charge on any atom is 0.325 e. The second-order valence-corrected chi connectivity index (χ2v) is 4.99. The van der Waals surface area contributed by atoms with Gasteiger partial charge in [0.2, 0.25) is 0 Å². The molecule has 7 heteroatoms. The molecule has 0 bridgehead atoms. The quantitative estimate of drug-likeness (QED) is 0.730. The Morgan fingerprint density at radius 2 is 2.35 bits per heavy atom. The second-order valence-electron chi connectivity index (χ2n) is 4.99. The summed E-state index contributed by atoms with van der Waals surface area (Å²) in [5.41, 5.74) is 0. The number of carbonyl (C=O) groups is 1. The first-order valence-electron chi connectivity index (χ1n) is 6.80. The molecule has 1 aromatic rings. The topological polar surface area (TPSA) is 98.6 Å². The van der Waals surface area contributed by atoms with Crippen molar-refractivity contribution in [2.24, 2.45) is 0 Å². The Hall–Kier alpha value is -1.89. The summed E-state index contributed by atoms with van der Waals surface area (Å²) < 4.78 is 0. The third-order valence-corrected chi connectivity index (χ3v) is 3.52. The minimum Gasteiger partial charge on any atom is -0.480 e. The molecule has 0 radical (unpaired) electrons. The van der Waals surface area contributed by atoms with Crippen molar-refractivity contribution < 1.29 is 15.0 Å². The molecular weight excluding hydrogens is 260 g/mol. The lowest BCUT2D eigenvalue weighted by Crippen LogP contribution is -2.42. The zero-order valence-electron chi connectivity index (χ0n) is 11.5. The van der Waals surface area contributed by atoms with Gasteiger partial charge in [0, 0.05) is 12.6 Å². The number of carboxylic acids is 1. The Morgan fingerprint density at radius 1 is 1.55 bits per heavy atom. The maximum atomic E-state index is 10.8. The molecule has 0 aliphatic carbocycles. The van der Waals surface area contributed by atoms with E-state index in [1.807, 2.05) is 0 Å². The molecule has 0 saturated carbocycles. The fourth-order valence-electron chi connectivity index (χ4n) is 2.36. The van der Waals surface area contributed by atoms with Crippen molar-refractivity contribution in [1.29, 1.82) is 0 Å². The number of anilines is 2. The first-order chi connectivity index (χ1) is 9.61. The predicted molar refractivity (Wildman–Crippen MR) is 74.8 cm³/mol. The highest BCUT2D eigenvalue weighted by Crippen LogP contribution is 2.24. The average molecular weight is 280 g/mol. The number of aliphatic carboxylic acids is 1. The van der Waals surface area contributed by atoms with Crippen LogP contribution in [0.1, 0.15) is 26.2 Å². The molecule has 1 aliphatic heterocycles. The summed E-state index contributed by atoms with van der Waals surface area (Å²) in [6.07, 6.45) is 4.52. The van der Waals surface area contributed by atoms with E-state index in [0.29, 0.717) is 5.82 Å². The second kappa shape index (κ2) is 6.51. The largest absolute Gasteiger partial charge is 0.480 e. The highest BCUT2D eigenvalue weighted by atomic mass is 16.4. The van der Waals surface area contributed by atoms with Gasteiger partial charge < -0.3 is 20.4 Å². The van der Waals surface area contributed by atoms with E-state index in [1.54, 1.807) is 13.0 Å². The standard InChI is InChI=1S/C13H20N4O3/c1-9(13(19)20)16-11-6-12(15-8-14-11)17-5-3-2-4-10(17)7-18/h6,8-10,18H,2-5,7H2,1H3,(H,19,20)(H,14,15,16)/t9-,10?/m1/s1. The number of carboxylic acid groups (broad SMARTS) is 1. The number of rotatable bonds is 5. The maximum absolute atomic E-state index is 10.8. The molecule has 0 aromatic carbocycles. The smallest absolute Gasteiger partial charge is 0.325 e. The highest BCUT2D eigenvalue weighted by molar-refractivity contribution is 5.76.